The van der Waals surface area contributed by atoms with Crippen molar-refractivity contribution in [1.82, 2.24) is 9.97 Å². The molecule has 4 nitrogen and oxygen atoms in total. The monoisotopic (exact) mass is 276 g/mol. The van der Waals surface area contributed by atoms with Crippen LogP contribution < -0.4 is 10.6 Å². The van der Waals surface area contributed by atoms with E-state index in [9.17, 15) is 8.78 Å². The highest BCUT2D eigenvalue weighted by molar-refractivity contribution is 5.59. The van der Waals surface area contributed by atoms with Gasteiger partial charge in [-0.2, -0.15) is 4.98 Å². The van der Waals surface area contributed by atoms with E-state index in [2.05, 4.69) is 20.6 Å². The second kappa shape index (κ2) is 5.03. The Morgan fingerprint density at radius 1 is 1.15 bits per heavy atom. The normalized spacial score (nSPS) is 14.2. The molecule has 0 bridgehead atoms. The van der Waals surface area contributed by atoms with E-state index < -0.39 is 11.6 Å². The van der Waals surface area contributed by atoms with Crippen molar-refractivity contribution in [2.75, 3.05) is 10.6 Å². The van der Waals surface area contributed by atoms with Crippen LogP contribution in [0.15, 0.2) is 24.3 Å². The molecule has 1 aliphatic rings. The maximum absolute atomic E-state index is 13.6. The predicted octanol–water partition coefficient (Wildman–Crippen LogP) is 3.38. The lowest BCUT2D eigenvalue weighted by Crippen LogP contribution is -2.08. The van der Waals surface area contributed by atoms with E-state index in [-0.39, 0.29) is 5.69 Å². The molecule has 0 radical (unpaired) electrons. The summed E-state index contributed by atoms with van der Waals surface area (Å²) in [5.74, 6) is -0.465. The molecule has 1 saturated carbocycles. The number of benzene rings is 1. The summed E-state index contributed by atoms with van der Waals surface area (Å²) in [5.41, 5.74) is 0.519. The minimum absolute atomic E-state index is 0.206. The van der Waals surface area contributed by atoms with Crippen molar-refractivity contribution in [2.45, 2.75) is 25.8 Å². The van der Waals surface area contributed by atoms with Crippen molar-refractivity contribution in [3.8, 4) is 0 Å². The Morgan fingerprint density at radius 2 is 1.85 bits per heavy atom. The third-order valence-corrected chi connectivity index (χ3v) is 2.98. The van der Waals surface area contributed by atoms with Crippen molar-refractivity contribution in [1.29, 1.82) is 0 Å². The summed E-state index contributed by atoms with van der Waals surface area (Å²) in [6, 6.07) is 5.77. The predicted molar refractivity (Wildman–Crippen MR) is 73.1 cm³/mol. The lowest BCUT2D eigenvalue weighted by Gasteiger charge is -2.10. The van der Waals surface area contributed by atoms with E-state index in [1.54, 1.807) is 6.07 Å². The molecular formula is C14H14F2N4. The Morgan fingerprint density at radius 3 is 2.50 bits per heavy atom. The number of nitrogens with one attached hydrogen (secondary N) is 2. The van der Waals surface area contributed by atoms with Crippen LogP contribution in [0.1, 0.15) is 18.5 Å². The van der Waals surface area contributed by atoms with Gasteiger partial charge in [-0.1, -0.05) is 6.07 Å². The molecule has 0 spiro atoms. The van der Waals surface area contributed by atoms with Crippen LogP contribution in [-0.4, -0.2) is 16.0 Å². The lowest BCUT2D eigenvalue weighted by molar-refractivity contribution is 0.590. The third kappa shape index (κ3) is 2.84. The summed E-state index contributed by atoms with van der Waals surface area (Å²) in [6.45, 7) is 1.81. The van der Waals surface area contributed by atoms with Crippen LogP contribution in [-0.2, 0) is 0 Å². The zero-order chi connectivity index (χ0) is 14.1. The van der Waals surface area contributed by atoms with Crippen LogP contribution in [0.25, 0.3) is 0 Å². The number of hydrogen-bond donors (Lipinski definition) is 2. The summed E-state index contributed by atoms with van der Waals surface area (Å²) in [6.07, 6.45) is 2.20. The van der Waals surface area contributed by atoms with E-state index in [4.69, 9.17) is 0 Å². The zero-order valence-electron chi connectivity index (χ0n) is 11.0. The van der Waals surface area contributed by atoms with Crippen LogP contribution in [0.4, 0.5) is 26.2 Å². The molecule has 2 aromatic rings. The quantitative estimate of drug-likeness (QED) is 0.898. The van der Waals surface area contributed by atoms with Gasteiger partial charge < -0.3 is 10.6 Å². The Kier molecular flexibility index (Phi) is 3.22. The Balaban J connectivity index is 1.87. The van der Waals surface area contributed by atoms with Crippen molar-refractivity contribution in [3.63, 3.8) is 0 Å². The number of anilines is 3. The number of aryl methyl sites for hydroxylation is 1. The summed E-state index contributed by atoms with van der Waals surface area (Å²) in [7, 11) is 0. The molecule has 1 heterocycles. The molecule has 0 unspecified atom stereocenters. The molecule has 6 heteroatoms. The van der Waals surface area contributed by atoms with Gasteiger partial charge in [0.1, 0.15) is 23.1 Å². The van der Waals surface area contributed by atoms with Gasteiger partial charge in [0.05, 0.1) is 0 Å². The average Bonchev–Trinajstić information content (AvgIpc) is 3.17. The van der Waals surface area contributed by atoms with Crippen LogP contribution in [0.3, 0.4) is 0 Å². The van der Waals surface area contributed by atoms with Gasteiger partial charge in [0, 0.05) is 17.8 Å². The number of nitrogens with zero attached hydrogens (tertiary/aromatic N) is 2. The van der Waals surface area contributed by atoms with Gasteiger partial charge in [0.2, 0.25) is 5.95 Å². The first kappa shape index (κ1) is 12.8. The second-order valence-corrected chi connectivity index (χ2v) is 4.86. The fourth-order valence-corrected chi connectivity index (χ4v) is 1.85. The topological polar surface area (TPSA) is 49.8 Å². The van der Waals surface area contributed by atoms with Gasteiger partial charge in [-0.3, -0.25) is 0 Å². The Labute approximate surface area is 115 Å². The van der Waals surface area contributed by atoms with Gasteiger partial charge in [0.15, 0.2) is 0 Å². The average molecular weight is 276 g/mol. The molecule has 0 aliphatic heterocycles. The fourth-order valence-electron chi connectivity index (χ4n) is 1.85. The highest BCUT2D eigenvalue weighted by Gasteiger charge is 2.22. The Hall–Kier alpha value is -2.24. The molecule has 2 N–H and O–H groups in total. The van der Waals surface area contributed by atoms with Gasteiger partial charge >= 0.3 is 0 Å². The van der Waals surface area contributed by atoms with Crippen LogP contribution in [0.2, 0.25) is 0 Å². The number of rotatable bonds is 4. The molecule has 0 amide bonds. The first-order chi connectivity index (χ1) is 9.61. The number of halogens is 2. The SMILES string of the molecule is Cc1cc(Nc2c(F)cccc2F)nc(NC2CC2)n1. The van der Waals surface area contributed by atoms with Crippen molar-refractivity contribution < 1.29 is 8.78 Å². The molecule has 104 valence electrons. The van der Waals surface area contributed by atoms with Gasteiger partial charge in [-0.05, 0) is 31.9 Å². The summed E-state index contributed by atoms with van der Waals surface area (Å²) >= 11 is 0. The van der Waals surface area contributed by atoms with E-state index in [0.29, 0.717) is 17.8 Å². The highest BCUT2D eigenvalue weighted by atomic mass is 19.1. The van der Waals surface area contributed by atoms with Crippen molar-refractivity contribution >= 4 is 17.5 Å². The van der Waals surface area contributed by atoms with E-state index in [1.165, 1.54) is 18.2 Å². The smallest absolute Gasteiger partial charge is 0.225 e. The van der Waals surface area contributed by atoms with E-state index >= 15 is 0 Å². The van der Waals surface area contributed by atoms with Crippen LogP contribution in [0, 0.1) is 18.6 Å². The second-order valence-electron chi connectivity index (χ2n) is 4.86. The number of para-hydroxylation sites is 1. The molecule has 20 heavy (non-hydrogen) atoms. The maximum Gasteiger partial charge on any atom is 0.225 e. The molecule has 0 atom stereocenters. The van der Waals surface area contributed by atoms with E-state index in [1.807, 2.05) is 6.92 Å². The lowest BCUT2D eigenvalue weighted by atomic mass is 10.3. The van der Waals surface area contributed by atoms with Crippen LogP contribution >= 0.6 is 0 Å². The minimum atomic E-state index is -0.655. The first-order valence-corrected chi connectivity index (χ1v) is 6.45. The number of hydrogen-bond acceptors (Lipinski definition) is 4. The maximum atomic E-state index is 13.6. The first-order valence-electron chi connectivity index (χ1n) is 6.45. The molecule has 0 saturated heterocycles. The summed E-state index contributed by atoms with van der Waals surface area (Å²) in [5, 5.41) is 5.84. The number of aromatic nitrogens is 2. The standard InChI is InChI=1S/C14H14F2N4/c1-8-7-12(20-14(17-8)18-9-5-6-9)19-13-10(15)3-2-4-11(13)16/h2-4,7,9H,5-6H2,1H3,(H2,17,18,19,20). The molecule has 1 aromatic heterocycles. The van der Waals surface area contributed by atoms with E-state index in [0.717, 1.165) is 18.5 Å². The zero-order valence-corrected chi connectivity index (χ0v) is 11.0. The van der Waals surface area contributed by atoms with Crippen molar-refractivity contribution in [3.05, 3.63) is 41.6 Å². The van der Waals surface area contributed by atoms with Crippen LogP contribution in [0.5, 0.6) is 0 Å². The largest absolute Gasteiger partial charge is 0.351 e. The third-order valence-electron chi connectivity index (χ3n) is 2.98. The highest BCUT2D eigenvalue weighted by Crippen LogP contribution is 2.25. The molecule has 1 aromatic carbocycles. The molecule has 1 aliphatic carbocycles. The minimum Gasteiger partial charge on any atom is -0.351 e. The van der Waals surface area contributed by atoms with Gasteiger partial charge in [-0.25, -0.2) is 13.8 Å². The molecule has 1 fully saturated rings. The van der Waals surface area contributed by atoms with Crippen molar-refractivity contribution in [2.24, 2.45) is 0 Å². The fraction of sp³-hybridized carbons (Fsp3) is 0.286. The molecular weight excluding hydrogens is 262 g/mol. The summed E-state index contributed by atoms with van der Waals surface area (Å²) in [4.78, 5) is 8.48. The Bertz CT molecular complexity index is 621. The van der Waals surface area contributed by atoms with Gasteiger partial charge in [-0.15, -0.1) is 0 Å². The summed E-state index contributed by atoms with van der Waals surface area (Å²) < 4.78 is 27.2. The molecule has 3 rings (SSSR count). The van der Waals surface area contributed by atoms with Gasteiger partial charge in [0.25, 0.3) is 0 Å².